The highest BCUT2D eigenvalue weighted by molar-refractivity contribution is 6.03. The number of aryl methyl sites for hydroxylation is 1. The fourth-order valence-electron chi connectivity index (χ4n) is 1.44. The number of hydrogen-bond donors (Lipinski definition) is 1. The summed E-state index contributed by atoms with van der Waals surface area (Å²) in [7, 11) is 0. The summed E-state index contributed by atoms with van der Waals surface area (Å²) in [4.78, 5) is 24.8. The van der Waals surface area contributed by atoms with Gasteiger partial charge in [0.25, 0.3) is 0 Å². The number of nitrogens with zero attached hydrogens (tertiary/aromatic N) is 2. The van der Waals surface area contributed by atoms with Crippen LogP contribution in [0.25, 0.3) is 0 Å². The molecular formula is C11H17N3O3. The summed E-state index contributed by atoms with van der Waals surface area (Å²) < 4.78 is 4.80. The number of amides is 2. The molecule has 0 spiro atoms. The monoisotopic (exact) mass is 239 g/mol. The summed E-state index contributed by atoms with van der Waals surface area (Å²) in [6.45, 7) is 6.68. The molecule has 0 radical (unpaired) electrons. The topological polar surface area (TPSA) is 75.4 Å². The highest BCUT2D eigenvalue weighted by atomic mass is 16.5. The molecule has 1 rings (SSSR count). The molecule has 0 aliphatic rings. The lowest BCUT2D eigenvalue weighted by atomic mass is 10.3. The first-order valence-electron chi connectivity index (χ1n) is 5.57. The lowest BCUT2D eigenvalue weighted by Gasteiger charge is -2.17. The third kappa shape index (κ3) is 3.90. The average Bonchev–Trinajstić information content (AvgIpc) is 2.65. The molecule has 94 valence electrons. The lowest BCUT2D eigenvalue weighted by Crippen LogP contribution is -2.33. The molecule has 0 aliphatic carbocycles. The third-order valence-corrected chi connectivity index (χ3v) is 2.32. The minimum absolute atomic E-state index is 0.173. The van der Waals surface area contributed by atoms with E-state index in [1.807, 2.05) is 13.8 Å². The molecule has 0 saturated carbocycles. The molecule has 1 aromatic rings. The molecule has 1 aromatic heterocycles. The Kier molecular flexibility index (Phi) is 4.68. The number of nitrogens with one attached hydrogen (secondary N) is 1. The normalized spacial score (nSPS) is 10.1. The summed E-state index contributed by atoms with van der Waals surface area (Å²) in [6, 6.07) is 1.60. The SMILES string of the molecule is CCN(CC)C(=O)CC(=O)Nc1cc(C)on1. The van der Waals surface area contributed by atoms with Gasteiger partial charge in [-0.3, -0.25) is 9.59 Å². The molecule has 2 amide bonds. The molecule has 17 heavy (non-hydrogen) atoms. The van der Waals surface area contributed by atoms with E-state index in [1.54, 1.807) is 17.9 Å². The van der Waals surface area contributed by atoms with Gasteiger partial charge in [-0.1, -0.05) is 5.16 Å². The molecule has 1 heterocycles. The van der Waals surface area contributed by atoms with Gasteiger partial charge in [-0.25, -0.2) is 0 Å². The van der Waals surface area contributed by atoms with E-state index in [1.165, 1.54) is 0 Å². The average molecular weight is 239 g/mol. The van der Waals surface area contributed by atoms with Crippen molar-refractivity contribution in [1.82, 2.24) is 10.1 Å². The highest BCUT2D eigenvalue weighted by Gasteiger charge is 2.15. The van der Waals surface area contributed by atoms with Crippen LogP contribution >= 0.6 is 0 Å². The van der Waals surface area contributed by atoms with Crippen molar-refractivity contribution in [2.45, 2.75) is 27.2 Å². The van der Waals surface area contributed by atoms with E-state index in [-0.39, 0.29) is 18.2 Å². The van der Waals surface area contributed by atoms with Crippen LogP contribution in [0.3, 0.4) is 0 Å². The quantitative estimate of drug-likeness (QED) is 0.783. The van der Waals surface area contributed by atoms with E-state index in [0.29, 0.717) is 24.7 Å². The van der Waals surface area contributed by atoms with Crippen molar-refractivity contribution in [3.63, 3.8) is 0 Å². The van der Waals surface area contributed by atoms with Gasteiger partial charge in [0.05, 0.1) is 0 Å². The second kappa shape index (κ2) is 6.03. The minimum Gasteiger partial charge on any atom is -0.360 e. The number of anilines is 1. The van der Waals surface area contributed by atoms with Crippen LogP contribution in [0.15, 0.2) is 10.6 Å². The summed E-state index contributed by atoms with van der Waals surface area (Å²) in [5.74, 6) is 0.373. The van der Waals surface area contributed by atoms with Gasteiger partial charge in [0.2, 0.25) is 11.8 Å². The first kappa shape index (κ1) is 13.2. The molecule has 0 aliphatic heterocycles. The highest BCUT2D eigenvalue weighted by Crippen LogP contribution is 2.07. The van der Waals surface area contributed by atoms with Crippen LogP contribution in [0, 0.1) is 6.92 Å². The summed E-state index contributed by atoms with van der Waals surface area (Å²) in [6.07, 6.45) is -0.173. The fraction of sp³-hybridized carbons (Fsp3) is 0.545. The van der Waals surface area contributed by atoms with E-state index in [2.05, 4.69) is 10.5 Å². The largest absolute Gasteiger partial charge is 0.360 e. The molecule has 0 bridgehead atoms. The zero-order valence-electron chi connectivity index (χ0n) is 10.3. The molecule has 0 saturated heterocycles. The van der Waals surface area contributed by atoms with E-state index in [9.17, 15) is 9.59 Å². The smallest absolute Gasteiger partial charge is 0.235 e. The van der Waals surface area contributed by atoms with Crippen LogP contribution in [-0.4, -0.2) is 35.0 Å². The zero-order chi connectivity index (χ0) is 12.8. The predicted octanol–water partition coefficient (Wildman–Crippen LogP) is 1.18. The predicted molar refractivity (Wildman–Crippen MR) is 62.4 cm³/mol. The van der Waals surface area contributed by atoms with Crippen molar-refractivity contribution in [2.24, 2.45) is 0 Å². The standard InChI is InChI=1S/C11H17N3O3/c1-4-14(5-2)11(16)7-10(15)12-9-6-8(3)17-13-9/h6H,4-5,7H2,1-3H3,(H,12,13,15). The lowest BCUT2D eigenvalue weighted by molar-refractivity contribution is -0.134. The van der Waals surface area contributed by atoms with Crippen molar-refractivity contribution in [2.75, 3.05) is 18.4 Å². The van der Waals surface area contributed by atoms with Gasteiger partial charge >= 0.3 is 0 Å². The number of carbonyl (C=O) groups is 2. The van der Waals surface area contributed by atoms with Crippen LogP contribution in [0.1, 0.15) is 26.0 Å². The number of rotatable bonds is 5. The van der Waals surface area contributed by atoms with Crippen LogP contribution in [0.2, 0.25) is 0 Å². The Labute approximate surface area is 99.9 Å². The number of carbonyl (C=O) groups excluding carboxylic acids is 2. The Morgan fingerprint density at radius 3 is 2.53 bits per heavy atom. The summed E-state index contributed by atoms with van der Waals surface area (Å²) >= 11 is 0. The van der Waals surface area contributed by atoms with Crippen molar-refractivity contribution < 1.29 is 14.1 Å². The van der Waals surface area contributed by atoms with E-state index in [0.717, 1.165) is 0 Å². The van der Waals surface area contributed by atoms with Crippen LogP contribution < -0.4 is 5.32 Å². The molecular weight excluding hydrogens is 222 g/mol. The minimum atomic E-state index is -0.379. The Morgan fingerprint density at radius 2 is 2.06 bits per heavy atom. The molecule has 6 nitrogen and oxygen atoms in total. The Bertz CT molecular complexity index is 396. The Balaban J connectivity index is 2.47. The van der Waals surface area contributed by atoms with E-state index in [4.69, 9.17) is 4.52 Å². The van der Waals surface area contributed by atoms with Crippen molar-refractivity contribution in [1.29, 1.82) is 0 Å². The van der Waals surface area contributed by atoms with Gasteiger partial charge in [-0.2, -0.15) is 0 Å². The van der Waals surface area contributed by atoms with Gasteiger partial charge in [0, 0.05) is 19.2 Å². The van der Waals surface area contributed by atoms with Gasteiger partial charge < -0.3 is 14.7 Å². The maximum Gasteiger partial charge on any atom is 0.235 e. The molecule has 6 heteroatoms. The Hall–Kier alpha value is -1.85. The van der Waals surface area contributed by atoms with E-state index < -0.39 is 0 Å². The Morgan fingerprint density at radius 1 is 1.41 bits per heavy atom. The number of hydrogen-bond acceptors (Lipinski definition) is 4. The third-order valence-electron chi connectivity index (χ3n) is 2.32. The molecule has 0 unspecified atom stereocenters. The van der Waals surface area contributed by atoms with Crippen molar-refractivity contribution >= 4 is 17.6 Å². The van der Waals surface area contributed by atoms with Gasteiger partial charge in [0.15, 0.2) is 5.82 Å². The fourth-order valence-corrected chi connectivity index (χ4v) is 1.44. The maximum absolute atomic E-state index is 11.6. The van der Waals surface area contributed by atoms with Gasteiger partial charge in [-0.05, 0) is 20.8 Å². The zero-order valence-corrected chi connectivity index (χ0v) is 10.3. The first-order valence-corrected chi connectivity index (χ1v) is 5.57. The van der Waals surface area contributed by atoms with Gasteiger partial charge in [0.1, 0.15) is 12.2 Å². The van der Waals surface area contributed by atoms with Crippen molar-refractivity contribution in [3.05, 3.63) is 11.8 Å². The van der Waals surface area contributed by atoms with Crippen LogP contribution in [0.5, 0.6) is 0 Å². The first-order chi connectivity index (χ1) is 8.06. The van der Waals surface area contributed by atoms with Crippen molar-refractivity contribution in [3.8, 4) is 0 Å². The number of aromatic nitrogens is 1. The maximum atomic E-state index is 11.6. The summed E-state index contributed by atoms with van der Waals surface area (Å²) in [5, 5.41) is 6.12. The second-order valence-corrected chi connectivity index (χ2v) is 3.61. The van der Waals surface area contributed by atoms with E-state index >= 15 is 0 Å². The molecule has 0 aromatic carbocycles. The van der Waals surface area contributed by atoms with Gasteiger partial charge in [-0.15, -0.1) is 0 Å². The molecule has 0 atom stereocenters. The second-order valence-electron chi connectivity index (χ2n) is 3.61. The molecule has 1 N–H and O–H groups in total. The van der Waals surface area contributed by atoms with Crippen LogP contribution in [0.4, 0.5) is 5.82 Å². The molecule has 0 fully saturated rings. The summed E-state index contributed by atoms with van der Waals surface area (Å²) in [5.41, 5.74) is 0. The van der Waals surface area contributed by atoms with Crippen LogP contribution in [-0.2, 0) is 9.59 Å².